The van der Waals surface area contributed by atoms with Gasteiger partial charge in [-0.1, -0.05) is 6.07 Å². The number of hydrogen-bond donors (Lipinski definition) is 1. The zero-order valence-electron chi connectivity index (χ0n) is 13.2. The summed E-state index contributed by atoms with van der Waals surface area (Å²) in [5, 5.41) is 9.96. The Morgan fingerprint density at radius 1 is 1.30 bits per heavy atom. The average Bonchev–Trinajstić information content (AvgIpc) is 2.34. The molecule has 0 heterocycles. The van der Waals surface area contributed by atoms with E-state index in [1.54, 1.807) is 20.8 Å². The molecule has 1 aromatic carbocycles. The Labute approximate surface area is 131 Å². The fourth-order valence-corrected chi connectivity index (χ4v) is 1.75. The molecule has 1 N–H and O–H groups in total. The number of nitrogens with zero attached hydrogens (tertiary/aromatic N) is 1. The molecule has 0 unspecified atom stereocenters. The number of likely N-dealkylation sites (N-methyl/N-ethyl adjacent to an activating group) is 1. The van der Waals surface area contributed by atoms with Gasteiger partial charge in [-0.25, -0.2) is 9.18 Å². The summed E-state index contributed by atoms with van der Waals surface area (Å²) >= 11 is 0. The van der Waals surface area contributed by atoms with Gasteiger partial charge in [0.1, 0.15) is 11.4 Å². The number of hydrogen-bond acceptors (Lipinski definition) is 3. The van der Waals surface area contributed by atoms with Gasteiger partial charge in [-0.3, -0.25) is 0 Å². The fourth-order valence-electron chi connectivity index (χ4n) is 1.75. The molecule has 1 atom stereocenters. The minimum Gasteiger partial charge on any atom is -0.444 e. The molecule has 0 fully saturated rings. The quantitative estimate of drug-likeness (QED) is 0.855. The van der Waals surface area contributed by atoms with Crippen LogP contribution in [0.5, 0.6) is 0 Å². The van der Waals surface area contributed by atoms with Crippen molar-refractivity contribution in [1.29, 1.82) is 0 Å². The van der Waals surface area contributed by atoms with Crippen molar-refractivity contribution in [3.63, 3.8) is 0 Å². The Morgan fingerprint density at radius 3 is 2.30 bits per heavy atom. The van der Waals surface area contributed by atoms with Gasteiger partial charge in [-0.05, 0) is 38.5 Å². The maximum atomic E-state index is 13.5. The molecule has 0 aliphatic heterocycles. The molecule has 1 amide bonds. The summed E-state index contributed by atoms with van der Waals surface area (Å²) < 4.78 is 56.0. The Balaban J connectivity index is 2.81. The number of aliphatic hydroxyl groups is 1. The Morgan fingerprint density at radius 2 is 1.87 bits per heavy atom. The molecule has 0 saturated carbocycles. The highest BCUT2D eigenvalue weighted by Crippen LogP contribution is 2.32. The molecular formula is C15H19F4NO3. The summed E-state index contributed by atoms with van der Waals surface area (Å²) in [7, 11) is 1.36. The molecule has 1 rings (SSSR count). The molecule has 0 aromatic heterocycles. The van der Waals surface area contributed by atoms with Crippen molar-refractivity contribution in [2.75, 3.05) is 13.6 Å². The third kappa shape index (κ3) is 5.70. The predicted molar refractivity (Wildman–Crippen MR) is 75.2 cm³/mol. The summed E-state index contributed by atoms with van der Waals surface area (Å²) in [5.74, 6) is -1.48. The molecular weight excluding hydrogens is 318 g/mol. The summed E-state index contributed by atoms with van der Waals surface area (Å²) in [6.07, 6.45) is -6.85. The number of amides is 1. The molecule has 0 bridgehead atoms. The zero-order valence-corrected chi connectivity index (χ0v) is 13.2. The first-order valence-electron chi connectivity index (χ1n) is 6.80. The van der Waals surface area contributed by atoms with Crippen LogP contribution in [-0.2, 0) is 10.9 Å². The third-order valence-corrected chi connectivity index (χ3v) is 2.84. The summed E-state index contributed by atoms with van der Waals surface area (Å²) in [6, 6.07) is 2.14. The van der Waals surface area contributed by atoms with Crippen molar-refractivity contribution in [3.05, 3.63) is 35.1 Å². The van der Waals surface area contributed by atoms with Crippen molar-refractivity contribution >= 4 is 6.09 Å². The number of halogens is 4. The second-order valence-corrected chi connectivity index (χ2v) is 6.11. The second-order valence-electron chi connectivity index (χ2n) is 6.11. The van der Waals surface area contributed by atoms with Gasteiger partial charge in [0.25, 0.3) is 0 Å². The van der Waals surface area contributed by atoms with Gasteiger partial charge in [0.2, 0.25) is 0 Å². The Kier molecular flexibility index (Phi) is 5.63. The van der Waals surface area contributed by atoms with Crippen LogP contribution in [0.4, 0.5) is 22.4 Å². The predicted octanol–water partition coefficient (Wildman–Crippen LogP) is 3.74. The van der Waals surface area contributed by atoms with Crippen LogP contribution >= 0.6 is 0 Å². The first-order valence-corrected chi connectivity index (χ1v) is 6.80. The minimum absolute atomic E-state index is 0.0640. The smallest absolute Gasteiger partial charge is 0.419 e. The monoisotopic (exact) mass is 337 g/mol. The molecule has 0 saturated heterocycles. The van der Waals surface area contributed by atoms with Crippen LogP contribution in [0.15, 0.2) is 18.2 Å². The van der Waals surface area contributed by atoms with Crippen LogP contribution in [0.2, 0.25) is 0 Å². The topological polar surface area (TPSA) is 49.8 Å². The Bertz CT molecular complexity index is 567. The lowest BCUT2D eigenvalue weighted by atomic mass is 10.1. The lowest BCUT2D eigenvalue weighted by Gasteiger charge is -2.26. The largest absolute Gasteiger partial charge is 0.444 e. The van der Waals surface area contributed by atoms with Crippen LogP contribution in [-0.4, -0.2) is 35.3 Å². The first kappa shape index (κ1) is 19.2. The molecule has 0 radical (unpaired) electrons. The van der Waals surface area contributed by atoms with E-state index in [-0.39, 0.29) is 12.1 Å². The van der Waals surface area contributed by atoms with Crippen molar-refractivity contribution in [3.8, 4) is 0 Å². The number of ether oxygens (including phenoxy) is 1. The van der Waals surface area contributed by atoms with Crippen LogP contribution < -0.4 is 0 Å². The zero-order chi connectivity index (χ0) is 18.0. The van der Waals surface area contributed by atoms with Crippen LogP contribution in [0, 0.1) is 5.82 Å². The summed E-state index contributed by atoms with van der Waals surface area (Å²) in [6.45, 7) is 4.75. The molecule has 0 aliphatic rings. The van der Waals surface area contributed by atoms with Gasteiger partial charge in [-0.15, -0.1) is 0 Å². The molecule has 130 valence electrons. The van der Waals surface area contributed by atoms with Crippen molar-refractivity contribution < 1.29 is 32.2 Å². The fraction of sp³-hybridized carbons (Fsp3) is 0.533. The highest BCUT2D eigenvalue weighted by Gasteiger charge is 2.34. The van der Waals surface area contributed by atoms with E-state index >= 15 is 0 Å². The van der Waals surface area contributed by atoms with Crippen molar-refractivity contribution in [2.45, 2.75) is 38.7 Å². The Hall–Kier alpha value is -1.83. The maximum Gasteiger partial charge on any atom is 0.419 e. The molecule has 0 aliphatic carbocycles. The molecule has 8 heteroatoms. The summed E-state index contributed by atoms with van der Waals surface area (Å²) in [5.41, 5.74) is -2.20. The number of carbonyl (C=O) groups is 1. The van der Waals surface area contributed by atoms with Gasteiger partial charge in [-0.2, -0.15) is 13.2 Å². The van der Waals surface area contributed by atoms with E-state index in [9.17, 15) is 27.5 Å². The van der Waals surface area contributed by atoms with E-state index in [4.69, 9.17) is 4.74 Å². The lowest BCUT2D eigenvalue weighted by molar-refractivity contribution is -0.140. The maximum absolute atomic E-state index is 13.5. The van der Waals surface area contributed by atoms with Crippen molar-refractivity contribution in [2.24, 2.45) is 0 Å². The number of rotatable bonds is 3. The third-order valence-electron chi connectivity index (χ3n) is 2.84. The van der Waals surface area contributed by atoms with E-state index in [1.165, 1.54) is 7.05 Å². The standard InChI is InChI=1S/C15H19F4NO3/c1-14(2,3)23-13(22)20(4)8-12(21)9-5-6-10(11(16)7-9)15(17,18)19/h5-7,12,21H,8H2,1-4H3/t12-/m0/s1. The second kappa shape index (κ2) is 6.74. The van der Waals surface area contributed by atoms with E-state index in [2.05, 4.69) is 0 Å². The van der Waals surface area contributed by atoms with Gasteiger partial charge >= 0.3 is 12.3 Å². The normalized spacial score (nSPS) is 13.6. The van der Waals surface area contributed by atoms with Gasteiger partial charge in [0.05, 0.1) is 18.2 Å². The number of carbonyl (C=O) groups excluding carboxylic acids is 1. The van der Waals surface area contributed by atoms with E-state index in [0.717, 1.165) is 11.0 Å². The van der Waals surface area contributed by atoms with Crippen molar-refractivity contribution in [1.82, 2.24) is 4.90 Å². The molecule has 1 aromatic rings. The minimum atomic E-state index is -4.80. The lowest BCUT2D eigenvalue weighted by Crippen LogP contribution is -2.36. The first-order chi connectivity index (χ1) is 10.3. The number of alkyl halides is 3. The van der Waals surface area contributed by atoms with Crippen LogP contribution in [0.3, 0.4) is 0 Å². The van der Waals surface area contributed by atoms with E-state index < -0.39 is 35.4 Å². The van der Waals surface area contributed by atoms with E-state index in [1.807, 2.05) is 0 Å². The highest BCUT2D eigenvalue weighted by molar-refractivity contribution is 5.67. The summed E-state index contributed by atoms with van der Waals surface area (Å²) in [4.78, 5) is 12.8. The van der Waals surface area contributed by atoms with E-state index in [0.29, 0.717) is 12.1 Å². The average molecular weight is 337 g/mol. The van der Waals surface area contributed by atoms with Gasteiger partial charge < -0.3 is 14.7 Å². The molecule has 0 spiro atoms. The molecule has 23 heavy (non-hydrogen) atoms. The molecule has 4 nitrogen and oxygen atoms in total. The highest BCUT2D eigenvalue weighted by atomic mass is 19.4. The number of benzene rings is 1. The van der Waals surface area contributed by atoms with Crippen LogP contribution in [0.1, 0.15) is 38.0 Å². The van der Waals surface area contributed by atoms with Crippen LogP contribution in [0.25, 0.3) is 0 Å². The van der Waals surface area contributed by atoms with Gasteiger partial charge in [0, 0.05) is 7.05 Å². The number of aliphatic hydroxyl groups excluding tert-OH is 1. The van der Waals surface area contributed by atoms with Gasteiger partial charge in [0.15, 0.2) is 0 Å². The SMILES string of the molecule is CN(C[C@H](O)c1ccc(C(F)(F)F)c(F)c1)C(=O)OC(C)(C)C.